The highest BCUT2D eigenvalue weighted by molar-refractivity contribution is 5.91. The van der Waals surface area contributed by atoms with E-state index in [4.69, 9.17) is 5.11 Å². The molecule has 2 rings (SSSR count). The number of carboxylic acid groups (broad SMARTS) is 1. The third-order valence-corrected chi connectivity index (χ3v) is 3.52. The highest BCUT2D eigenvalue weighted by Gasteiger charge is 2.52. The lowest BCUT2D eigenvalue weighted by Gasteiger charge is -2.39. The molecule has 0 aromatic carbocycles. The average Bonchev–Trinajstić information content (AvgIpc) is 2.76. The number of amides is 1. The van der Waals surface area contributed by atoms with Crippen LogP contribution in [0.4, 0.5) is 0 Å². The van der Waals surface area contributed by atoms with Crippen LogP contribution >= 0.6 is 0 Å². The molecule has 0 bridgehead atoms. The van der Waals surface area contributed by atoms with Gasteiger partial charge in [-0.1, -0.05) is 6.92 Å². The molecule has 78 valence electrons. The molecule has 0 heterocycles. The van der Waals surface area contributed by atoms with E-state index >= 15 is 0 Å². The van der Waals surface area contributed by atoms with Crippen LogP contribution in [0.2, 0.25) is 0 Å². The van der Waals surface area contributed by atoms with Crippen molar-refractivity contribution in [3.05, 3.63) is 0 Å². The molecule has 0 aliphatic heterocycles. The fourth-order valence-corrected chi connectivity index (χ4v) is 1.71. The molecule has 0 radical (unpaired) electrons. The zero-order chi connectivity index (χ0) is 10.4. The lowest BCUT2D eigenvalue weighted by Crippen LogP contribution is -2.60. The number of carbonyl (C=O) groups excluding carboxylic acids is 1. The van der Waals surface area contributed by atoms with Crippen LogP contribution in [0.3, 0.4) is 0 Å². The number of carboxylic acids is 1. The van der Waals surface area contributed by atoms with Crippen molar-refractivity contribution in [1.82, 2.24) is 5.32 Å². The lowest BCUT2D eigenvalue weighted by atomic mass is 9.76. The van der Waals surface area contributed by atoms with E-state index in [0.717, 1.165) is 19.3 Å². The van der Waals surface area contributed by atoms with E-state index in [2.05, 4.69) is 5.32 Å². The van der Waals surface area contributed by atoms with Gasteiger partial charge in [-0.05, 0) is 32.1 Å². The summed E-state index contributed by atoms with van der Waals surface area (Å²) in [6.07, 6.45) is 3.81. The third kappa shape index (κ3) is 1.29. The molecule has 2 N–H and O–H groups in total. The Labute approximate surface area is 82.7 Å². The van der Waals surface area contributed by atoms with E-state index in [9.17, 15) is 9.59 Å². The van der Waals surface area contributed by atoms with Gasteiger partial charge in [0.25, 0.3) is 0 Å². The van der Waals surface area contributed by atoms with E-state index < -0.39 is 11.5 Å². The summed E-state index contributed by atoms with van der Waals surface area (Å²) in [6, 6.07) is 0. The number of carbonyl (C=O) groups is 2. The topological polar surface area (TPSA) is 66.4 Å². The van der Waals surface area contributed by atoms with E-state index in [1.165, 1.54) is 0 Å². The summed E-state index contributed by atoms with van der Waals surface area (Å²) in [6.45, 7) is 1.89. The Morgan fingerprint density at radius 2 is 1.79 bits per heavy atom. The molecule has 1 amide bonds. The first-order valence-corrected chi connectivity index (χ1v) is 5.05. The van der Waals surface area contributed by atoms with Gasteiger partial charge < -0.3 is 10.4 Å². The smallest absolute Gasteiger partial charge is 0.329 e. The fraction of sp³-hybridized carbons (Fsp3) is 0.800. The highest BCUT2D eigenvalue weighted by atomic mass is 16.4. The Balaban J connectivity index is 2.01. The van der Waals surface area contributed by atoms with Crippen molar-refractivity contribution in [2.45, 2.75) is 44.6 Å². The maximum absolute atomic E-state index is 11.7. The van der Waals surface area contributed by atoms with Crippen molar-refractivity contribution in [3.8, 4) is 0 Å². The van der Waals surface area contributed by atoms with Gasteiger partial charge >= 0.3 is 5.97 Å². The van der Waals surface area contributed by atoms with Crippen LogP contribution in [0, 0.1) is 5.41 Å². The summed E-state index contributed by atoms with van der Waals surface area (Å²) < 4.78 is 0. The average molecular weight is 197 g/mol. The van der Waals surface area contributed by atoms with Crippen molar-refractivity contribution >= 4 is 11.9 Å². The van der Waals surface area contributed by atoms with Crippen molar-refractivity contribution in [3.63, 3.8) is 0 Å². The number of aliphatic carboxylic acids is 1. The van der Waals surface area contributed by atoms with Gasteiger partial charge in [0, 0.05) is 5.41 Å². The van der Waals surface area contributed by atoms with E-state index in [0.29, 0.717) is 12.8 Å². The summed E-state index contributed by atoms with van der Waals surface area (Å²) in [7, 11) is 0. The number of nitrogens with one attached hydrogen (secondary N) is 1. The molecule has 2 saturated carbocycles. The Morgan fingerprint density at radius 3 is 2.07 bits per heavy atom. The molecule has 0 aromatic rings. The molecule has 0 saturated heterocycles. The summed E-state index contributed by atoms with van der Waals surface area (Å²) in [5, 5.41) is 11.7. The van der Waals surface area contributed by atoms with Crippen molar-refractivity contribution in [2.24, 2.45) is 5.41 Å². The van der Waals surface area contributed by atoms with Gasteiger partial charge in [0.1, 0.15) is 5.54 Å². The van der Waals surface area contributed by atoms with Crippen LogP contribution in [-0.4, -0.2) is 22.5 Å². The van der Waals surface area contributed by atoms with Gasteiger partial charge in [-0.25, -0.2) is 4.79 Å². The van der Waals surface area contributed by atoms with Gasteiger partial charge in [-0.2, -0.15) is 0 Å². The van der Waals surface area contributed by atoms with Gasteiger partial charge in [-0.15, -0.1) is 0 Å². The van der Waals surface area contributed by atoms with Crippen LogP contribution in [0.1, 0.15) is 39.0 Å². The van der Waals surface area contributed by atoms with Crippen LogP contribution in [-0.2, 0) is 9.59 Å². The molecule has 4 nitrogen and oxygen atoms in total. The van der Waals surface area contributed by atoms with Crippen LogP contribution in [0.5, 0.6) is 0 Å². The first kappa shape index (κ1) is 9.49. The van der Waals surface area contributed by atoms with Gasteiger partial charge in [0.05, 0.1) is 0 Å². The summed E-state index contributed by atoms with van der Waals surface area (Å²) in [5.41, 5.74) is -1.22. The minimum Gasteiger partial charge on any atom is -0.480 e. The molecular weight excluding hydrogens is 182 g/mol. The molecule has 0 atom stereocenters. The molecule has 14 heavy (non-hydrogen) atoms. The fourth-order valence-electron chi connectivity index (χ4n) is 1.71. The Bertz CT molecular complexity index is 290. The van der Waals surface area contributed by atoms with Crippen molar-refractivity contribution < 1.29 is 14.7 Å². The van der Waals surface area contributed by atoms with Gasteiger partial charge in [-0.3, -0.25) is 4.79 Å². The number of rotatable bonds is 3. The van der Waals surface area contributed by atoms with E-state index in [-0.39, 0.29) is 11.3 Å². The molecule has 2 aliphatic carbocycles. The highest BCUT2D eigenvalue weighted by Crippen LogP contribution is 2.46. The normalized spacial score (nSPS) is 26.1. The van der Waals surface area contributed by atoms with E-state index in [1.807, 2.05) is 6.92 Å². The summed E-state index contributed by atoms with van der Waals surface area (Å²) >= 11 is 0. The summed E-state index contributed by atoms with van der Waals surface area (Å²) in [4.78, 5) is 22.6. The van der Waals surface area contributed by atoms with Gasteiger partial charge in [0.15, 0.2) is 0 Å². The minimum atomic E-state index is -0.942. The standard InChI is InChI=1S/C10H15NO3/c1-9(5-6-9)7(12)11-10(8(13)14)3-2-4-10/h2-6H2,1H3,(H,11,12)(H,13,14). The van der Waals surface area contributed by atoms with Crippen LogP contribution < -0.4 is 5.32 Å². The predicted molar refractivity (Wildman–Crippen MR) is 49.7 cm³/mol. The number of hydrogen-bond acceptors (Lipinski definition) is 2. The first-order chi connectivity index (χ1) is 6.49. The Hall–Kier alpha value is -1.06. The van der Waals surface area contributed by atoms with Crippen molar-refractivity contribution in [2.75, 3.05) is 0 Å². The predicted octanol–water partition coefficient (Wildman–Crippen LogP) is 0.910. The first-order valence-electron chi connectivity index (χ1n) is 5.05. The zero-order valence-corrected chi connectivity index (χ0v) is 8.30. The Kier molecular flexibility index (Phi) is 1.84. The summed E-state index contributed by atoms with van der Waals surface area (Å²) in [5.74, 6) is -0.971. The third-order valence-electron chi connectivity index (χ3n) is 3.52. The largest absolute Gasteiger partial charge is 0.480 e. The van der Waals surface area contributed by atoms with Gasteiger partial charge in [0.2, 0.25) is 5.91 Å². The number of hydrogen-bond donors (Lipinski definition) is 2. The van der Waals surface area contributed by atoms with Crippen LogP contribution in [0.15, 0.2) is 0 Å². The zero-order valence-electron chi connectivity index (χ0n) is 8.30. The second-order valence-corrected chi connectivity index (χ2v) is 4.76. The monoisotopic (exact) mass is 197 g/mol. The minimum absolute atomic E-state index is 0.0837. The SMILES string of the molecule is CC1(C(=O)NC2(C(=O)O)CCC2)CC1. The molecular formula is C10H15NO3. The quantitative estimate of drug-likeness (QED) is 0.706. The second-order valence-electron chi connectivity index (χ2n) is 4.76. The molecule has 0 spiro atoms. The van der Waals surface area contributed by atoms with E-state index in [1.54, 1.807) is 0 Å². The molecule has 0 unspecified atom stereocenters. The molecule has 0 aromatic heterocycles. The van der Waals surface area contributed by atoms with Crippen LogP contribution in [0.25, 0.3) is 0 Å². The lowest BCUT2D eigenvalue weighted by molar-refractivity contribution is -0.152. The Morgan fingerprint density at radius 1 is 1.21 bits per heavy atom. The molecule has 4 heteroatoms. The maximum atomic E-state index is 11.7. The maximum Gasteiger partial charge on any atom is 0.329 e. The second kappa shape index (κ2) is 2.72. The molecule has 2 fully saturated rings. The van der Waals surface area contributed by atoms with Crippen molar-refractivity contribution in [1.29, 1.82) is 0 Å². The molecule has 2 aliphatic rings.